The molecule has 0 saturated carbocycles. The first-order chi connectivity index (χ1) is 11.6. The van der Waals surface area contributed by atoms with E-state index in [0.717, 1.165) is 16.8 Å². The molecule has 0 fully saturated rings. The number of thiophene rings is 1. The first-order valence-corrected chi connectivity index (χ1v) is 8.70. The average molecular weight is 336 g/mol. The van der Waals surface area contributed by atoms with Crippen molar-refractivity contribution >= 4 is 22.9 Å². The Kier molecular flexibility index (Phi) is 4.96. The van der Waals surface area contributed by atoms with Gasteiger partial charge in [-0.3, -0.25) is 4.79 Å². The summed E-state index contributed by atoms with van der Waals surface area (Å²) < 4.78 is 0. The van der Waals surface area contributed by atoms with E-state index in [9.17, 15) is 4.79 Å². The molecule has 3 nitrogen and oxygen atoms in total. The fourth-order valence-electron chi connectivity index (χ4n) is 2.43. The summed E-state index contributed by atoms with van der Waals surface area (Å²) in [6.07, 6.45) is 0. The molecule has 1 aromatic heterocycles. The quantitative estimate of drug-likeness (QED) is 0.748. The van der Waals surface area contributed by atoms with Crippen molar-refractivity contribution in [3.05, 3.63) is 77.2 Å². The molecule has 0 spiro atoms. The van der Waals surface area contributed by atoms with Gasteiger partial charge in [-0.05, 0) is 46.8 Å². The van der Waals surface area contributed by atoms with Crippen LogP contribution >= 0.6 is 11.3 Å². The molecule has 0 atom stereocenters. The number of hydrogen-bond acceptors (Lipinski definition) is 3. The Morgan fingerprint density at radius 2 is 1.71 bits per heavy atom. The fraction of sp³-hybridized carbons (Fsp3) is 0.150. The monoisotopic (exact) mass is 336 g/mol. The van der Waals surface area contributed by atoms with Crippen LogP contribution in [0.2, 0.25) is 0 Å². The van der Waals surface area contributed by atoms with Crippen molar-refractivity contribution < 1.29 is 4.79 Å². The molecule has 122 valence electrons. The van der Waals surface area contributed by atoms with Crippen molar-refractivity contribution in [1.82, 2.24) is 5.32 Å². The topological polar surface area (TPSA) is 32.3 Å². The maximum atomic E-state index is 12.3. The number of nitrogens with one attached hydrogen (secondary N) is 1. The van der Waals surface area contributed by atoms with E-state index in [1.807, 2.05) is 56.6 Å². The van der Waals surface area contributed by atoms with Crippen LogP contribution in [-0.2, 0) is 6.54 Å². The van der Waals surface area contributed by atoms with Gasteiger partial charge < -0.3 is 10.2 Å². The van der Waals surface area contributed by atoms with E-state index in [4.69, 9.17) is 0 Å². The number of rotatable bonds is 5. The van der Waals surface area contributed by atoms with Gasteiger partial charge in [-0.25, -0.2) is 0 Å². The third-order valence-electron chi connectivity index (χ3n) is 3.86. The van der Waals surface area contributed by atoms with E-state index in [1.165, 1.54) is 4.88 Å². The van der Waals surface area contributed by atoms with Gasteiger partial charge in [0.15, 0.2) is 0 Å². The van der Waals surface area contributed by atoms with Crippen molar-refractivity contribution in [3.63, 3.8) is 0 Å². The molecule has 1 heterocycles. The smallest absolute Gasteiger partial charge is 0.251 e. The first kappa shape index (κ1) is 16.3. The highest BCUT2D eigenvalue weighted by molar-refractivity contribution is 7.13. The highest BCUT2D eigenvalue weighted by Crippen LogP contribution is 2.24. The minimum Gasteiger partial charge on any atom is -0.378 e. The van der Waals surface area contributed by atoms with Crippen LogP contribution in [0.5, 0.6) is 0 Å². The van der Waals surface area contributed by atoms with E-state index in [1.54, 1.807) is 11.3 Å². The Balaban J connectivity index is 1.60. The Bertz CT molecular complexity index is 791. The number of anilines is 1. The minimum atomic E-state index is -0.0515. The van der Waals surface area contributed by atoms with E-state index >= 15 is 0 Å². The molecule has 0 bridgehead atoms. The third kappa shape index (κ3) is 3.84. The fourth-order valence-corrected chi connectivity index (χ4v) is 3.16. The lowest BCUT2D eigenvalue weighted by Crippen LogP contribution is -2.22. The second-order valence-corrected chi connectivity index (χ2v) is 6.75. The summed E-state index contributed by atoms with van der Waals surface area (Å²) in [6.45, 7) is 0.527. The number of carbonyl (C=O) groups is 1. The lowest BCUT2D eigenvalue weighted by molar-refractivity contribution is 0.0951. The molecular weight excluding hydrogens is 316 g/mol. The van der Waals surface area contributed by atoms with Gasteiger partial charge in [-0.15, -0.1) is 11.3 Å². The highest BCUT2D eigenvalue weighted by Gasteiger charge is 2.06. The summed E-state index contributed by atoms with van der Waals surface area (Å²) in [5.74, 6) is -0.0515. The number of amides is 1. The zero-order chi connectivity index (χ0) is 16.9. The summed E-state index contributed by atoms with van der Waals surface area (Å²) in [4.78, 5) is 15.5. The second kappa shape index (κ2) is 7.32. The standard InChI is InChI=1S/C20H20N2OS/c1-22(2)18-11-5-15(6-12-18)14-21-20(23)17-9-7-16(8-10-17)19-4-3-13-24-19/h3-13H,14H2,1-2H3,(H,21,23). The molecule has 0 saturated heterocycles. The highest BCUT2D eigenvalue weighted by atomic mass is 32.1. The van der Waals surface area contributed by atoms with Gasteiger partial charge in [0.1, 0.15) is 0 Å². The SMILES string of the molecule is CN(C)c1ccc(CNC(=O)c2ccc(-c3cccs3)cc2)cc1. The van der Waals surface area contributed by atoms with Gasteiger partial charge in [0.25, 0.3) is 5.91 Å². The van der Waals surface area contributed by atoms with Crippen LogP contribution in [-0.4, -0.2) is 20.0 Å². The molecule has 1 amide bonds. The Morgan fingerprint density at radius 1 is 1.00 bits per heavy atom. The molecule has 3 rings (SSSR count). The van der Waals surface area contributed by atoms with Crippen molar-refractivity contribution in [2.45, 2.75) is 6.54 Å². The van der Waals surface area contributed by atoms with E-state index in [-0.39, 0.29) is 5.91 Å². The van der Waals surface area contributed by atoms with Crippen LogP contribution in [0.15, 0.2) is 66.0 Å². The van der Waals surface area contributed by atoms with Gasteiger partial charge in [-0.2, -0.15) is 0 Å². The van der Waals surface area contributed by atoms with Crippen LogP contribution in [0.1, 0.15) is 15.9 Å². The van der Waals surface area contributed by atoms with Gasteiger partial charge in [-0.1, -0.05) is 30.3 Å². The molecule has 0 aliphatic rings. The van der Waals surface area contributed by atoms with Crippen molar-refractivity contribution in [2.24, 2.45) is 0 Å². The summed E-state index contributed by atoms with van der Waals surface area (Å²) in [5, 5.41) is 5.02. The van der Waals surface area contributed by atoms with E-state index in [2.05, 4.69) is 33.8 Å². The molecule has 0 aliphatic carbocycles. The number of carbonyl (C=O) groups excluding carboxylic acids is 1. The predicted molar refractivity (Wildman–Crippen MR) is 102 cm³/mol. The summed E-state index contributed by atoms with van der Waals surface area (Å²) in [6, 6.07) is 20.0. The maximum Gasteiger partial charge on any atom is 0.251 e. The summed E-state index contributed by atoms with van der Waals surface area (Å²) in [7, 11) is 4.02. The minimum absolute atomic E-state index is 0.0515. The molecule has 2 aromatic carbocycles. The zero-order valence-corrected chi connectivity index (χ0v) is 14.6. The lowest BCUT2D eigenvalue weighted by Gasteiger charge is -2.13. The first-order valence-electron chi connectivity index (χ1n) is 7.82. The van der Waals surface area contributed by atoms with Crippen LogP contribution < -0.4 is 10.2 Å². The Morgan fingerprint density at radius 3 is 2.29 bits per heavy atom. The van der Waals surface area contributed by atoms with Crippen molar-refractivity contribution in [1.29, 1.82) is 0 Å². The lowest BCUT2D eigenvalue weighted by atomic mass is 10.1. The number of nitrogens with zero attached hydrogens (tertiary/aromatic N) is 1. The largest absolute Gasteiger partial charge is 0.378 e. The van der Waals surface area contributed by atoms with Crippen LogP contribution in [0.4, 0.5) is 5.69 Å². The van der Waals surface area contributed by atoms with E-state index in [0.29, 0.717) is 12.1 Å². The normalized spacial score (nSPS) is 10.4. The van der Waals surface area contributed by atoms with Crippen molar-refractivity contribution in [3.8, 4) is 10.4 Å². The Hall–Kier alpha value is -2.59. The summed E-state index contributed by atoms with van der Waals surface area (Å²) in [5.41, 5.74) is 4.06. The average Bonchev–Trinajstić information content (AvgIpc) is 3.15. The number of benzene rings is 2. The molecule has 24 heavy (non-hydrogen) atoms. The van der Waals surface area contributed by atoms with Crippen molar-refractivity contribution in [2.75, 3.05) is 19.0 Å². The van der Waals surface area contributed by atoms with Gasteiger partial charge in [0.05, 0.1) is 0 Å². The molecule has 3 aromatic rings. The molecule has 0 unspecified atom stereocenters. The zero-order valence-electron chi connectivity index (χ0n) is 13.8. The summed E-state index contributed by atoms with van der Waals surface area (Å²) >= 11 is 1.70. The molecule has 4 heteroatoms. The maximum absolute atomic E-state index is 12.3. The van der Waals surface area contributed by atoms with E-state index < -0.39 is 0 Å². The Labute approximate surface area is 146 Å². The molecule has 0 radical (unpaired) electrons. The van der Waals surface area contributed by atoms with Gasteiger partial charge in [0, 0.05) is 36.8 Å². The predicted octanol–water partition coefficient (Wildman–Crippen LogP) is 4.41. The van der Waals surface area contributed by atoms with Crippen LogP contribution in [0.3, 0.4) is 0 Å². The van der Waals surface area contributed by atoms with Crippen LogP contribution in [0, 0.1) is 0 Å². The molecule has 0 aliphatic heterocycles. The molecule has 1 N–H and O–H groups in total. The second-order valence-electron chi connectivity index (χ2n) is 5.80. The van der Waals surface area contributed by atoms with Gasteiger partial charge >= 0.3 is 0 Å². The molecular formula is C20H20N2OS. The van der Waals surface area contributed by atoms with Gasteiger partial charge in [0.2, 0.25) is 0 Å². The number of hydrogen-bond donors (Lipinski definition) is 1. The third-order valence-corrected chi connectivity index (χ3v) is 4.78. The van der Waals surface area contributed by atoms with Crippen LogP contribution in [0.25, 0.3) is 10.4 Å².